The van der Waals surface area contributed by atoms with Gasteiger partial charge in [-0.3, -0.25) is 9.59 Å². The van der Waals surface area contributed by atoms with Crippen LogP contribution < -0.4 is 16.0 Å². The van der Waals surface area contributed by atoms with Crippen LogP contribution >= 0.6 is 15.9 Å². The molecule has 6 heteroatoms. The monoisotopic (exact) mass is 311 g/mol. The standard InChI is InChI=1S/C12H14BrN3O2/c13-9-1-3-10(4-2-9)16-11(17)7-15-12(18)8-5-14-6-8/h1-4,8,14H,5-7H2,(H,15,18)(H,16,17). The highest BCUT2D eigenvalue weighted by molar-refractivity contribution is 9.10. The van der Waals surface area contributed by atoms with E-state index in [2.05, 4.69) is 31.9 Å². The number of hydrogen-bond acceptors (Lipinski definition) is 3. The highest BCUT2D eigenvalue weighted by Gasteiger charge is 2.24. The molecule has 1 saturated heterocycles. The van der Waals surface area contributed by atoms with Gasteiger partial charge in [0.15, 0.2) is 0 Å². The summed E-state index contributed by atoms with van der Waals surface area (Å²) in [6, 6.07) is 7.27. The van der Waals surface area contributed by atoms with Crippen molar-refractivity contribution >= 4 is 33.4 Å². The highest BCUT2D eigenvalue weighted by Crippen LogP contribution is 2.13. The zero-order valence-electron chi connectivity index (χ0n) is 9.70. The normalized spacial score (nSPS) is 14.7. The summed E-state index contributed by atoms with van der Waals surface area (Å²) in [6.07, 6.45) is 0. The number of benzene rings is 1. The molecule has 0 aliphatic carbocycles. The quantitative estimate of drug-likeness (QED) is 0.767. The van der Waals surface area contributed by atoms with Crippen LogP contribution in [0, 0.1) is 5.92 Å². The van der Waals surface area contributed by atoms with Gasteiger partial charge in [0.1, 0.15) is 0 Å². The van der Waals surface area contributed by atoms with Crippen LogP contribution in [0.3, 0.4) is 0 Å². The molecule has 0 aromatic heterocycles. The maximum atomic E-state index is 11.6. The van der Waals surface area contributed by atoms with Crippen molar-refractivity contribution in [2.75, 3.05) is 25.0 Å². The van der Waals surface area contributed by atoms with Crippen molar-refractivity contribution in [1.29, 1.82) is 0 Å². The number of nitrogens with one attached hydrogen (secondary N) is 3. The predicted molar refractivity (Wildman–Crippen MR) is 72.1 cm³/mol. The third-order valence-corrected chi connectivity index (χ3v) is 3.23. The summed E-state index contributed by atoms with van der Waals surface area (Å²) in [4.78, 5) is 23.1. The van der Waals surface area contributed by atoms with Crippen LogP contribution in [0.25, 0.3) is 0 Å². The Balaban J connectivity index is 1.74. The van der Waals surface area contributed by atoms with Gasteiger partial charge in [-0.1, -0.05) is 15.9 Å². The number of anilines is 1. The maximum absolute atomic E-state index is 11.6. The van der Waals surface area contributed by atoms with Crippen molar-refractivity contribution in [3.63, 3.8) is 0 Å². The fraction of sp³-hybridized carbons (Fsp3) is 0.333. The van der Waals surface area contributed by atoms with Crippen molar-refractivity contribution in [1.82, 2.24) is 10.6 Å². The molecule has 0 saturated carbocycles. The molecular weight excluding hydrogens is 298 g/mol. The highest BCUT2D eigenvalue weighted by atomic mass is 79.9. The van der Waals surface area contributed by atoms with E-state index in [-0.39, 0.29) is 24.3 Å². The van der Waals surface area contributed by atoms with Crippen LogP contribution in [0.5, 0.6) is 0 Å². The second kappa shape index (κ2) is 5.97. The fourth-order valence-electron chi connectivity index (χ4n) is 1.52. The Morgan fingerprint density at radius 2 is 1.94 bits per heavy atom. The molecular formula is C12H14BrN3O2. The molecule has 0 spiro atoms. The number of halogens is 1. The minimum atomic E-state index is -0.224. The predicted octanol–water partition coefficient (Wildman–Crippen LogP) is 0.723. The number of carbonyl (C=O) groups excluding carboxylic acids is 2. The molecule has 1 aromatic rings. The average molecular weight is 312 g/mol. The third-order valence-electron chi connectivity index (χ3n) is 2.70. The van der Waals surface area contributed by atoms with Crippen molar-refractivity contribution < 1.29 is 9.59 Å². The molecule has 1 fully saturated rings. The Morgan fingerprint density at radius 1 is 1.28 bits per heavy atom. The topological polar surface area (TPSA) is 70.2 Å². The van der Waals surface area contributed by atoms with E-state index in [1.807, 2.05) is 12.1 Å². The minimum Gasteiger partial charge on any atom is -0.347 e. The van der Waals surface area contributed by atoms with Crippen LogP contribution in [0.15, 0.2) is 28.7 Å². The van der Waals surface area contributed by atoms with Gasteiger partial charge >= 0.3 is 0 Å². The molecule has 3 N–H and O–H groups in total. The summed E-state index contributed by atoms with van der Waals surface area (Å²) in [7, 11) is 0. The van der Waals surface area contributed by atoms with Gasteiger partial charge in [-0.2, -0.15) is 0 Å². The zero-order chi connectivity index (χ0) is 13.0. The van der Waals surface area contributed by atoms with Gasteiger partial charge in [0.2, 0.25) is 11.8 Å². The molecule has 2 rings (SSSR count). The lowest BCUT2D eigenvalue weighted by Gasteiger charge is -2.25. The van der Waals surface area contributed by atoms with Crippen molar-refractivity contribution in [3.8, 4) is 0 Å². The Hall–Kier alpha value is -1.40. The number of hydrogen-bond donors (Lipinski definition) is 3. The Kier molecular flexibility index (Phi) is 4.33. The number of amides is 2. The van der Waals surface area contributed by atoms with E-state index < -0.39 is 0 Å². The largest absolute Gasteiger partial charge is 0.347 e. The van der Waals surface area contributed by atoms with Crippen molar-refractivity contribution in [2.45, 2.75) is 0 Å². The van der Waals surface area contributed by atoms with Gasteiger partial charge in [0.05, 0.1) is 12.5 Å². The first-order valence-electron chi connectivity index (χ1n) is 5.69. The second-order valence-electron chi connectivity index (χ2n) is 4.13. The first kappa shape index (κ1) is 13.0. The van der Waals surface area contributed by atoms with E-state index >= 15 is 0 Å². The lowest BCUT2D eigenvalue weighted by molar-refractivity contribution is -0.128. The molecule has 0 atom stereocenters. The van der Waals surface area contributed by atoms with Gasteiger partial charge in [-0.15, -0.1) is 0 Å². The summed E-state index contributed by atoms with van der Waals surface area (Å²) < 4.78 is 0.950. The van der Waals surface area contributed by atoms with Crippen molar-refractivity contribution in [3.05, 3.63) is 28.7 Å². The van der Waals surface area contributed by atoms with E-state index in [4.69, 9.17) is 0 Å². The smallest absolute Gasteiger partial charge is 0.243 e. The summed E-state index contributed by atoms with van der Waals surface area (Å²) in [5.41, 5.74) is 0.711. The molecule has 0 bridgehead atoms. The van der Waals surface area contributed by atoms with E-state index in [1.54, 1.807) is 12.1 Å². The molecule has 0 radical (unpaired) electrons. The van der Waals surface area contributed by atoms with E-state index in [0.717, 1.165) is 4.47 Å². The maximum Gasteiger partial charge on any atom is 0.243 e. The zero-order valence-corrected chi connectivity index (χ0v) is 11.3. The molecule has 1 aromatic carbocycles. The lowest BCUT2D eigenvalue weighted by Crippen LogP contribution is -2.51. The van der Waals surface area contributed by atoms with Crippen LogP contribution in [0.2, 0.25) is 0 Å². The molecule has 18 heavy (non-hydrogen) atoms. The second-order valence-corrected chi connectivity index (χ2v) is 5.04. The van der Waals surface area contributed by atoms with E-state index in [1.165, 1.54) is 0 Å². The fourth-order valence-corrected chi connectivity index (χ4v) is 1.79. The van der Waals surface area contributed by atoms with Crippen LogP contribution in [-0.2, 0) is 9.59 Å². The van der Waals surface area contributed by atoms with Gasteiger partial charge < -0.3 is 16.0 Å². The van der Waals surface area contributed by atoms with Crippen LogP contribution in [0.1, 0.15) is 0 Å². The summed E-state index contributed by atoms with van der Waals surface area (Å²) in [5.74, 6) is -0.289. The van der Waals surface area contributed by atoms with Gasteiger partial charge in [-0.05, 0) is 24.3 Å². The average Bonchev–Trinajstić information content (AvgIpc) is 2.27. The summed E-state index contributed by atoms with van der Waals surface area (Å²) >= 11 is 3.32. The molecule has 1 heterocycles. The summed E-state index contributed by atoms with van der Waals surface area (Å²) in [5, 5.41) is 8.33. The van der Waals surface area contributed by atoms with Gasteiger partial charge in [0, 0.05) is 23.2 Å². The molecule has 1 aliphatic rings. The van der Waals surface area contributed by atoms with E-state index in [0.29, 0.717) is 18.8 Å². The Labute approximate surface area is 113 Å². The van der Waals surface area contributed by atoms with E-state index in [9.17, 15) is 9.59 Å². The van der Waals surface area contributed by atoms with Crippen LogP contribution in [0.4, 0.5) is 5.69 Å². The SMILES string of the molecule is O=C(CNC(=O)C1CNC1)Nc1ccc(Br)cc1. The number of carbonyl (C=O) groups is 2. The third kappa shape index (κ3) is 3.54. The Morgan fingerprint density at radius 3 is 2.50 bits per heavy atom. The minimum absolute atomic E-state index is 0.00507. The van der Waals surface area contributed by atoms with Gasteiger partial charge in [0.25, 0.3) is 0 Å². The number of rotatable bonds is 4. The van der Waals surface area contributed by atoms with Crippen LogP contribution in [-0.4, -0.2) is 31.4 Å². The molecule has 1 aliphatic heterocycles. The molecule has 2 amide bonds. The first-order valence-corrected chi connectivity index (χ1v) is 6.48. The molecule has 0 unspecified atom stereocenters. The lowest BCUT2D eigenvalue weighted by atomic mass is 10.0. The first-order chi connectivity index (χ1) is 8.65. The Bertz CT molecular complexity index is 443. The molecule has 5 nitrogen and oxygen atoms in total. The van der Waals surface area contributed by atoms with Gasteiger partial charge in [-0.25, -0.2) is 0 Å². The summed E-state index contributed by atoms with van der Waals surface area (Å²) in [6.45, 7) is 1.39. The van der Waals surface area contributed by atoms with Crippen molar-refractivity contribution in [2.24, 2.45) is 5.92 Å². The molecule has 96 valence electrons.